The summed E-state index contributed by atoms with van der Waals surface area (Å²) in [6, 6.07) is -1.02. The number of amides is 2. The number of alkyl halides is 3. The van der Waals surface area contributed by atoms with Crippen LogP contribution in [0.1, 0.15) is 25.7 Å². The minimum absolute atomic E-state index is 0.0316. The molecule has 2 amide bonds. The van der Waals surface area contributed by atoms with Crippen LogP contribution >= 0.6 is 0 Å². The van der Waals surface area contributed by atoms with Crippen molar-refractivity contribution in [1.82, 2.24) is 9.80 Å². The molecule has 21 heavy (non-hydrogen) atoms. The first-order chi connectivity index (χ1) is 9.84. The first-order valence-electron chi connectivity index (χ1n) is 7.12. The molecule has 0 aromatic rings. The molecule has 0 aromatic heterocycles. The Bertz CT molecular complexity index is 414. The van der Waals surface area contributed by atoms with Crippen LogP contribution in [0.2, 0.25) is 0 Å². The quantitative estimate of drug-likeness (QED) is 0.820. The molecule has 2 aliphatic rings. The summed E-state index contributed by atoms with van der Waals surface area (Å²) in [5.74, 6) is -2.40. The number of hydrogen-bond donors (Lipinski definition) is 1. The lowest BCUT2D eigenvalue weighted by Gasteiger charge is -2.35. The van der Waals surface area contributed by atoms with E-state index in [1.165, 1.54) is 4.90 Å². The van der Waals surface area contributed by atoms with Crippen LogP contribution in [0.3, 0.4) is 0 Å². The van der Waals surface area contributed by atoms with Gasteiger partial charge in [0.2, 0.25) is 5.91 Å². The van der Waals surface area contributed by atoms with Crippen molar-refractivity contribution in [3.8, 4) is 0 Å². The van der Waals surface area contributed by atoms with Crippen LogP contribution in [-0.4, -0.2) is 65.2 Å². The smallest absolute Gasteiger partial charge is 0.396 e. The molecule has 0 spiro atoms. The fraction of sp³-hybridized carbons (Fsp3) is 0.846. The van der Waals surface area contributed by atoms with Crippen LogP contribution < -0.4 is 0 Å². The average Bonchev–Trinajstić information content (AvgIpc) is 2.93. The van der Waals surface area contributed by atoms with E-state index in [0.29, 0.717) is 24.4 Å². The molecule has 0 radical (unpaired) electrons. The highest BCUT2D eigenvalue weighted by atomic mass is 19.4. The second kappa shape index (κ2) is 6.21. The van der Waals surface area contributed by atoms with E-state index in [1.54, 1.807) is 0 Å². The van der Waals surface area contributed by atoms with Crippen molar-refractivity contribution in [2.45, 2.75) is 37.9 Å². The van der Waals surface area contributed by atoms with Gasteiger partial charge in [0.25, 0.3) is 0 Å². The zero-order chi connectivity index (χ0) is 15.6. The Kier molecular flexibility index (Phi) is 4.75. The van der Waals surface area contributed by atoms with Crippen molar-refractivity contribution >= 4 is 11.8 Å². The third-order valence-electron chi connectivity index (χ3n) is 4.13. The first-order valence-corrected chi connectivity index (χ1v) is 7.12. The molecule has 2 heterocycles. The van der Waals surface area contributed by atoms with Gasteiger partial charge in [-0.05, 0) is 31.6 Å². The highest BCUT2D eigenvalue weighted by molar-refractivity contribution is 5.90. The molecule has 120 valence electrons. The zero-order valence-corrected chi connectivity index (χ0v) is 11.6. The van der Waals surface area contributed by atoms with Gasteiger partial charge in [0.15, 0.2) is 0 Å². The van der Waals surface area contributed by atoms with Crippen molar-refractivity contribution in [3.63, 3.8) is 0 Å². The van der Waals surface area contributed by atoms with Gasteiger partial charge in [-0.15, -0.1) is 0 Å². The summed E-state index contributed by atoms with van der Waals surface area (Å²) in [5.41, 5.74) is 0. The Hall–Kier alpha value is -1.31. The van der Waals surface area contributed by atoms with Crippen LogP contribution in [0, 0.1) is 5.92 Å². The SMILES string of the molecule is O=C(C1CCCN1C(=O)C(F)(F)F)N1CCCC(CO)C1. The maximum Gasteiger partial charge on any atom is 0.471 e. The van der Waals surface area contributed by atoms with Crippen molar-refractivity contribution < 1.29 is 27.9 Å². The predicted molar refractivity (Wildman–Crippen MR) is 67.2 cm³/mol. The van der Waals surface area contributed by atoms with Crippen molar-refractivity contribution in [2.75, 3.05) is 26.2 Å². The summed E-state index contributed by atoms with van der Waals surface area (Å²) < 4.78 is 37.6. The average molecular weight is 308 g/mol. The Morgan fingerprint density at radius 1 is 1.14 bits per heavy atom. The Morgan fingerprint density at radius 2 is 1.81 bits per heavy atom. The molecule has 2 fully saturated rings. The molecule has 1 N–H and O–H groups in total. The molecule has 0 aliphatic carbocycles. The Labute approximate surface area is 120 Å². The van der Waals surface area contributed by atoms with Gasteiger partial charge < -0.3 is 14.9 Å². The number of rotatable bonds is 2. The maximum atomic E-state index is 12.5. The number of hydrogen-bond acceptors (Lipinski definition) is 3. The molecule has 2 rings (SSSR count). The topological polar surface area (TPSA) is 60.9 Å². The molecular formula is C13H19F3N2O3. The number of piperidine rings is 1. The summed E-state index contributed by atoms with van der Waals surface area (Å²) in [6.07, 6.45) is -2.76. The number of aliphatic hydroxyl groups is 1. The largest absolute Gasteiger partial charge is 0.471 e. The molecule has 2 unspecified atom stereocenters. The zero-order valence-electron chi connectivity index (χ0n) is 11.6. The number of aliphatic hydroxyl groups excluding tert-OH is 1. The number of carbonyl (C=O) groups excluding carboxylic acids is 2. The Morgan fingerprint density at radius 3 is 2.43 bits per heavy atom. The lowest BCUT2D eigenvalue weighted by atomic mass is 9.98. The summed E-state index contributed by atoms with van der Waals surface area (Å²) in [4.78, 5) is 25.9. The molecule has 0 bridgehead atoms. The van der Waals surface area contributed by atoms with Crippen LogP contribution in [0.4, 0.5) is 13.2 Å². The first kappa shape index (κ1) is 16.1. The summed E-state index contributed by atoms with van der Waals surface area (Å²) in [5, 5.41) is 9.15. The molecule has 2 aliphatic heterocycles. The van der Waals surface area contributed by atoms with Crippen LogP contribution in [0.5, 0.6) is 0 Å². The van der Waals surface area contributed by atoms with Gasteiger partial charge >= 0.3 is 12.1 Å². The second-order valence-corrected chi connectivity index (χ2v) is 5.63. The lowest BCUT2D eigenvalue weighted by Crippen LogP contribution is -2.53. The molecular weight excluding hydrogens is 289 g/mol. The number of likely N-dealkylation sites (tertiary alicyclic amines) is 2. The third-order valence-corrected chi connectivity index (χ3v) is 4.13. The maximum absolute atomic E-state index is 12.5. The number of nitrogens with zero attached hydrogens (tertiary/aromatic N) is 2. The standard InChI is InChI=1S/C13H19F3N2O3/c14-13(15,16)12(21)18-6-2-4-10(18)11(20)17-5-1-3-9(7-17)8-19/h9-10,19H,1-8H2. The molecule has 8 heteroatoms. The van der Waals surface area contributed by atoms with Gasteiger partial charge in [-0.1, -0.05) is 0 Å². The van der Waals surface area contributed by atoms with Crippen LogP contribution in [-0.2, 0) is 9.59 Å². The summed E-state index contributed by atoms with van der Waals surface area (Å²) >= 11 is 0. The molecule has 0 saturated carbocycles. The van der Waals surface area contributed by atoms with Crippen LogP contribution in [0.15, 0.2) is 0 Å². The minimum atomic E-state index is -4.95. The van der Waals surface area contributed by atoms with Crippen molar-refractivity contribution in [2.24, 2.45) is 5.92 Å². The van der Waals surface area contributed by atoms with Gasteiger partial charge in [0, 0.05) is 26.2 Å². The molecule has 5 nitrogen and oxygen atoms in total. The fourth-order valence-corrected chi connectivity index (χ4v) is 3.05. The van der Waals surface area contributed by atoms with Gasteiger partial charge in [0.05, 0.1) is 0 Å². The summed E-state index contributed by atoms with van der Waals surface area (Å²) in [6.45, 7) is 0.741. The van der Waals surface area contributed by atoms with E-state index in [9.17, 15) is 22.8 Å². The van der Waals surface area contributed by atoms with Gasteiger partial charge in [-0.3, -0.25) is 9.59 Å². The van der Waals surface area contributed by atoms with E-state index < -0.39 is 24.0 Å². The normalized spacial score (nSPS) is 27.0. The van der Waals surface area contributed by atoms with Gasteiger partial charge in [-0.2, -0.15) is 13.2 Å². The highest BCUT2D eigenvalue weighted by Crippen LogP contribution is 2.28. The van der Waals surface area contributed by atoms with E-state index in [-0.39, 0.29) is 25.5 Å². The number of halogens is 3. The molecule has 2 saturated heterocycles. The molecule has 0 aromatic carbocycles. The highest BCUT2D eigenvalue weighted by Gasteiger charge is 2.48. The second-order valence-electron chi connectivity index (χ2n) is 5.63. The van der Waals surface area contributed by atoms with E-state index in [4.69, 9.17) is 5.11 Å². The van der Waals surface area contributed by atoms with E-state index in [1.807, 2.05) is 0 Å². The van der Waals surface area contributed by atoms with Crippen molar-refractivity contribution in [1.29, 1.82) is 0 Å². The van der Waals surface area contributed by atoms with Gasteiger partial charge in [-0.25, -0.2) is 0 Å². The van der Waals surface area contributed by atoms with Crippen LogP contribution in [0.25, 0.3) is 0 Å². The minimum Gasteiger partial charge on any atom is -0.396 e. The molecule has 2 atom stereocenters. The third kappa shape index (κ3) is 3.48. The summed E-state index contributed by atoms with van der Waals surface area (Å²) in [7, 11) is 0. The van der Waals surface area contributed by atoms with E-state index in [2.05, 4.69) is 0 Å². The number of carbonyl (C=O) groups is 2. The predicted octanol–water partition coefficient (Wildman–Crippen LogP) is 0.771. The van der Waals surface area contributed by atoms with E-state index >= 15 is 0 Å². The van der Waals surface area contributed by atoms with E-state index in [0.717, 1.165) is 12.8 Å². The fourth-order valence-electron chi connectivity index (χ4n) is 3.05. The lowest BCUT2D eigenvalue weighted by molar-refractivity contribution is -0.187. The Balaban J connectivity index is 2.05. The van der Waals surface area contributed by atoms with Crippen molar-refractivity contribution in [3.05, 3.63) is 0 Å². The van der Waals surface area contributed by atoms with Gasteiger partial charge in [0.1, 0.15) is 6.04 Å². The monoisotopic (exact) mass is 308 g/mol.